The van der Waals surface area contributed by atoms with Gasteiger partial charge in [0.25, 0.3) is 0 Å². The van der Waals surface area contributed by atoms with E-state index in [0.29, 0.717) is 11.3 Å². The van der Waals surface area contributed by atoms with Crippen molar-refractivity contribution >= 4 is 46.7 Å². The van der Waals surface area contributed by atoms with Crippen molar-refractivity contribution in [3.05, 3.63) is 28.8 Å². The number of amides is 2. The summed E-state index contributed by atoms with van der Waals surface area (Å²) in [6.07, 6.45) is 2.70. The van der Waals surface area contributed by atoms with Gasteiger partial charge in [-0.2, -0.15) is 0 Å². The fraction of sp³-hybridized carbons (Fsp3) is 0.533. The maximum atomic E-state index is 14.1. The molecule has 0 saturated heterocycles. The van der Waals surface area contributed by atoms with Gasteiger partial charge in [0.15, 0.2) is 34.7 Å². The van der Waals surface area contributed by atoms with E-state index in [1.165, 1.54) is 31.1 Å². The van der Waals surface area contributed by atoms with Crippen LogP contribution in [0.15, 0.2) is 12.1 Å². The number of likely N-dealkylation sites (N-methyl/N-ethyl adjacent to an activating group) is 1. The third kappa shape index (κ3) is 4.82. The van der Waals surface area contributed by atoms with Crippen LogP contribution >= 0.6 is 0 Å². The highest BCUT2D eigenvalue weighted by Crippen LogP contribution is 2.52. The van der Waals surface area contributed by atoms with Crippen molar-refractivity contribution in [3.63, 3.8) is 0 Å². The van der Waals surface area contributed by atoms with Gasteiger partial charge in [0, 0.05) is 42.9 Å². The van der Waals surface area contributed by atoms with E-state index in [2.05, 4.69) is 5.32 Å². The number of benzene rings is 1. The fourth-order valence-corrected chi connectivity index (χ4v) is 6.78. The first kappa shape index (κ1) is 31.0. The molecular weight excluding hydrogens is 544 g/mol. The molecule has 0 aromatic heterocycles. The SMILES string of the molecule is CN(C)c1cc(C=CC(=O)NC(C)(C)C)c(O)c2c1C[C@H]1C[C@H]3C(N(C)C)C(=O)C(C(N)=O)C(=O)[C@@]3(O)C(=O)C1C2=O. The molecular formula is C30H38N4O8. The molecule has 12 heteroatoms. The van der Waals surface area contributed by atoms with E-state index >= 15 is 0 Å². The van der Waals surface area contributed by atoms with Crippen LogP contribution in [0.2, 0.25) is 0 Å². The summed E-state index contributed by atoms with van der Waals surface area (Å²) in [6.45, 7) is 5.44. The number of aromatic hydroxyl groups is 1. The largest absolute Gasteiger partial charge is 0.507 e. The third-order valence-electron chi connectivity index (χ3n) is 8.46. The molecule has 2 amide bonds. The normalized spacial score (nSPS) is 29.3. The van der Waals surface area contributed by atoms with E-state index in [1.54, 1.807) is 25.1 Å². The van der Waals surface area contributed by atoms with Gasteiger partial charge in [-0.15, -0.1) is 0 Å². The van der Waals surface area contributed by atoms with Crippen molar-refractivity contribution in [3.8, 4) is 5.75 Å². The van der Waals surface area contributed by atoms with Crippen LogP contribution in [0, 0.1) is 23.7 Å². The molecule has 3 unspecified atom stereocenters. The second-order valence-electron chi connectivity index (χ2n) is 12.9. The first-order chi connectivity index (χ1) is 19.3. The molecule has 0 heterocycles. The summed E-state index contributed by atoms with van der Waals surface area (Å²) in [5.41, 5.74) is 3.15. The zero-order chi connectivity index (χ0) is 31.6. The fourth-order valence-electron chi connectivity index (χ4n) is 6.78. The van der Waals surface area contributed by atoms with Crippen LogP contribution in [0.25, 0.3) is 6.08 Å². The molecule has 3 aliphatic carbocycles. The number of nitrogens with one attached hydrogen (secondary N) is 1. The van der Waals surface area contributed by atoms with E-state index in [1.807, 2.05) is 20.8 Å². The zero-order valence-electron chi connectivity index (χ0n) is 24.8. The van der Waals surface area contributed by atoms with Crippen molar-refractivity contribution in [1.29, 1.82) is 0 Å². The summed E-state index contributed by atoms with van der Waals surface area (Å²) in [6, 6.07) is 0.470. The van der Waals surface area contributed by atoms with E-state index in [-0.39, 0.29) is 24.0 Å². The quantitative estimate of drug-likeness (QED) is 0.269. The highest BCUT2D eigenvalue weighted by Gasteiger charge is 2.69. The first-order valence-corrected chi connectivity index (χ1v) is 13.7. The molecule has 0 radical (unpaired) electrons. The molecule has 6 atom stereocenters. The summed E-state index contributed by atoms with van der Waals surface area (Å²) >= 11 is 0. The Kier molecular flexibility index (Phi) is 7.71. The second-order valence-corrected chi connectivity index (χ2v) is 12.9. The van der Waals surface area contributed by atoms with Crippen LogP contribution in [-0.4, -0.2) is 95.4 Å². The van der Waals surface area contributed by atoms with Crippen LogP contribution in [-0.2, 0) is 30.4 Å². The molecule has 5 N–H and O–H groups in total. The standard InChI is InChI=1S/C30H38N4O8/c1-29(2,3)32-18(35)9-8-13-12-17(33(4)5)15-10-14-11-16-22(34(6)7)25(38)21(28(31)41)27(40)30(16,42)26(39)19(14)24(37)20(15)23(13)36/h8-9,12,14,16,19,21-22,36,42H,10-11H2,1-7H3,(H2,31,41)(H,32,35)/t14-,16-,19?,21?,22?,30-/m0/s1. The molecule has 0 spiro atoms. The monoisotopic (exact) mass is 582 g/mol. The Morgan fingerprint density at radius 2 is 1.71 bits per heavy atom. The van der Waals surface area contributed by atoms with E-state index < -0.39 is 81.6 Å². The molecule has 1 aromatic rings. The van der Waals surface area contributed by atoms with Crippen molar-refractivity contribution in [2.75, 3.05) is 33.1 Å². The van der Waals surface area contributed by atoms with Gasteiger partial charge in [-0.25, -0.2) is 0 Å². The van der Waals surface area contributed by atoms with Crippen LogP contribution in [0.4, 0.5) is 5.69 Å². The van der Waals surface area contributed by atoms with E-state index in [0.717, 1.165) is 0 Å². The summed E-state index contributed by atoms with van der Waals surface area (Å²) in [5, 5.41) is 25.8. The molecule has 226 valence electrons. The lowest BCUT2D eigenvalue weighted by Gasteiger charge is -2.52. The van der Waals surface area contributed by atoms with Gasteiger partial charge < -0.3 is 26.2 Å². The summed E-state index contributed by atoms with van der Waals surface area (Å²) in [7, 11) is 6.57. The minimum Gasteiger partial charge on any atom is -0.507 e. The van der Waals surface area contributed by atoms with Crippen molar-refractivity contribution in [1.82, 2.24) is 10.2 Å². The van der Waals surface area contributed by atoms with Gasteiger partial charge in [0.2, 0.25) is 11.8 Å². The van der Waals surface area contributed by atoms with Gasteiger partial charge in [0.05, 0.1) is 17.5 Å². The molecule has 2 saturated carbocycles. The Balaban J connectivity index is 1.84. The number of carbonyl (C=O) groups excluding carboxylic acids is 6. The van der Waals surface area contributed by atoms with Crippen molar-refractivity contribution < 1.29 is 39.0 Å². The first-order valence-electron chi connectivity index (χ1n) is 13.7. The second kappa shape index (κ2) is 10.4. The van der Waals surface area contributed by atoms with Crippen LogP contribution in [0.5, 0.6) is 5.75 Å². The third-order valence-corrected chi connectivity index (χ3v) is 8.46. The van der Waals surface area contributed by atoms with Crippen LogP contribution < -0.4 is 16.0 Å². The molecule has 2 fully saturated rings. The van der Waals surface area contributed by atoms with Crippen LogP contribution in [0.3, 0.4) is 0 Å². The van der Waals surface area contributed by atoms with E-state index in [4.69, 9.17) is 5.73 Å². The average molecular weight is 583 g/mol. The number of fused-ring (bicyclic) bond motifs is 3. The number of phenolic OH excluding ortho intramolecular Hbond substituents is 1. The zero-order valence-corrected chi connectivity index (χ0v) is 24.8. The smallest absolute Gasteiger partial charge is 0.244 e. The predicted molar refractivity (Wildman–Crippen MR) is 153 cm³/mol. The van der Waals surface area contributed by atoms with Gasteiger partial charge in [-0.05, 0) is 71.3 Å². The number of aliphatic hydroxyl groups is 1. The van der Waals surface area contributed by atoms with Crippen molar-refractivity contribution in [2.24, 2.45) is 29.4 Å². The summed E-state index contributed by atoms with van der Waals surface area (Å²) in [4.78, 5) is 82.5. The summed E-state index contributed by atoms with van der Waals surface area (Å²) in [5.74, 6) is -11.6. The number of hydrogen-bond donors (Lipinski definition) is 4. The van der Waals surface area contributed by atoms with E-state index in [9.17, 15) is 39.0 Å². The minimum atomic E-state index is -2.79. The Morgan fingerprint density at radius 1 is 1.10 bits per heavy atom. The number of nitrogens with two attached hydrogens (primary N) is 1. The Morgan fingerprint density at radius 3 is 2.24 bits per heavy atom. The minimum absolute atomic E-state index is 0.0356. The number of ketones is 4. The lowest BCUT2D eigenvalue weighted by molar-refractivity contribution is -0.181. The lowest BCUT2D eigenvalue weighted by atomic mass is 9.52. The molecule has 42 heavy (non-hydrogen) atoms. The molecule has 1 aromatic carbocycles. The highest BCUT2D eigenvalue weighted by molar-refractivity contribution is 6.32. The van der Waals surface area contributed by atoms with Gasteiger partial charge in [-0.3, -0.25) is 33.7 Å². The molecule has 0 aliphatic heterocycles. The molecule has 0 bridgehead atoms. The Bertz CT molecular complexity index is 1440. The molecule has 3 aliphatic rings. The van der Waals surface area contributed by atoms with Gasteiger partial charge in [-0.1, -0.05) is 0 Å². The number of rotatable bonds is 5. The molecule has 12 nitrogen and oxygen atoms in total. The predicted octanol–water partition coefficient (Wildman–Crippen LogP) is -0.139. The molecule has 4 rings (SSSR count). The number of primary amides is 1. The highest BCUT2D eigenvalue weighted by atomic mass is 16.3. The maximum Gasteiger partial charge on any atom is 0.244 e. The lowest BCUT2D eigenvalue weighted by Crippen LogP contribution is -2.74. The van der Waals surface area contributed by atoms with Crippen molar-refractivity contribution in [2.45, 2.75) is 50.8 Å². The number of phenols is 1. The number of Topliss-reactive ketones (excluding diaryl/α,β-unsaturated/α-hetero) is 4. The number of anilines is 1. The number of nitrogens with zero attached hydrogens (tertiary/aromatic N) is 2. The number of hydrogen-bond acceptors (Lipinski definition) is 10. The van der Waals surface area contributed by atoms with Gasteiger partial charge >= 0.3 is 0 Å². The Hall–Kier alpha value is -3.90. The maximum absolute atomic E-state index is 14.1. The summed E-state index contributed by atoms with van der Waals surface area (Å²) < 4.78 is 0. The Labute approximate surface area is 243 Å². The number of carbonyl (C=O) groups is 6. The van der Waals surface area contributed by atoms with Gasteiger partial charge in [0.1, 0.15) is 5.75 Å². The topological polar surface area (TPSA) is 187 Å². The average Bonchev–Trinajstić information content (AvgIpc) is 2.84. The van der Waals surface area contributed by atoms with Crippen LogP contribution in [0.1, 0.15) is 48.7 Å².